The monoisotopic (exact) mass is 347 g/mol. The third kappa shape index (κ3) is 2.73. The van der Waals surface area contributed by atoms with E-state index in [9.17, 15) is 9.59 Å². The summed E-state index contributed by atoms with van der Waals surface area (Å²) in [7, 11) is 0. The third-order valence-electron chi connectivity index (χ3n) is 4.28. The van der Waals surface area contributed by atoms with Gasteiger partial charge >= 0.3 is 0 Å². The van der Waals surface area contributed by atoms with Crippen LogP contribution in [0.1, 0.15) is 6.92 Å². The van der Waals surface area contributed by atoms with Gasteiger partial charge in [-0.2, -0.15) is 5.10 Å². The maximum Gasteiger partial charge on any atom is 0.248 e. The molecule has 7 heteroatoms. The predicted molar refractivity (Wildman–Crippen MR) is 100 cm³/mol. The first-order valence-electron chi connectivity index (χ1n) is 8.37. The Kier molecular flexibility index (Phi) is 3.96. The minimum atomic E-state index is -0.253. The van der Waals surface area contributed by atoms with Crippen LogP contribution in [0.3, 0.4) is 0 Å². The van der Waals surface area contributed by atoms with Crippen LogP contribution in [0.25, 0.3) is 21.9 Å². The van der Waals surface area contributed by atoms with Crippen LogP contribution < -0.4 is 10.7 Å². The van der Waals surface area contributed by atoms with Gasteiger partial charge in [0.1, 0.15) is 6.54 Å². The van der Waals surface area contributed by atoms with Crippen LogP contribution in [-0.4, -0.2) is 25.2 Å². The van der Waals surface area contributed by atoms with Gasteiger partial charge in [-0.3, -0.25) is 19.6 Å². The van der Waals surface area contributed by atoms with E-state index in [4.69, 9.17) is 0 Å². The van der Waals surface area contributed by atoms with E-state index in [1.54, 1.807) is 18.2 Å². The van der Waals surface area contributed by atoms with E-state index < -0.39 is 0 Å². The van der Waals surface area contributed by atoms with Gasteiger partial charge in [-0.15, -0.1) is 0 Å². The number of para-hydroxylation sites is 3. The van der Waals surface area contributed by atoms with E-state index in [2.05, 4.69) is 15.4 Å². The Morgan fingerprint density at radius 1 is 1.08 bits per heavy atom. The number of nitrogens with one attached hydrogen (secondary N) is 1. The van der Waals surface area contributed by atoms with Crippen molar-refractivity contribution in [1.29, 1.82) is 0 Å². The summed E-state index contributed by atoms with van der Waals surface area (Å²) in [5, 5.41) is 7.48. The third-order valence-corrected chi connectivity index (χ3v) is 4.28. The molecule has 7 nitrogen and oxygen atoms in total. The summed E-state index contributed by atoms with van der Waals surface area (Å²) in [6.45, 7) is 2.68. The molecule has 26 heavy (non-hydrogen) atoms. The molecule has 0 atom stereocenters. The lowest BCUT2D eigenvalue weighted by molar-refractivity contribution is -0.116. The van der Waals surface area contributed by atoms with Crippen LogP contribution in [-0.2, 0) is 17.9 Å². The second-order valence-corrected chi connectivity index (χ2v) is 5.90. The van der Waals surface area contributed by atoms with Gasteiger partial charge < -0.3 is 4.57 Å². The molecule has 2 heterocycles. The van der Waals surface area contributed by atoms with E-state index in [0.29, 0.717) is 23.4 Å². The Morgan fingerprint density at radius 3 is 2.62 bits per heavy atom. The maximum atomic E-state index is 12.6. The Hall–Kier alpha value is -3.48. The number of nitrogens with zero attached hydrogens (tertiary/aromatic N) is 4. The summed E-state index contributed by atoms with van der Waals surface area (Å²) in [4.78, 5) is 28.9. The number of amides is 1. The average molecular weight is 347 g/mol. The van der Waals surface area contributed by atoms with Crippen molar-refractivity contribution in [3.8, 4) is 0 Å². The lowest BCUT2D eigenvalue weighted by Crippen LogP contribution is -2.24. The van der Waals surface area contributed by atoms with Crippen molar-refractivity contribution in [2.45, 2.75) is 20.0 Å². The fraction of sp³-hybridized carbons (Fsp3) is 0.158. The number of fused-ring (bicyclic) bond motifs is 2. The molecular formula is C19H17N5O2. The first-order chi connectivity index (χ1) is 12.7. The molecule has 0 unspecified atom stereocenters. The minimum absolute atomic E-state index is 0.00624. The van der Waals surface area contributed by atoms with Crippen molar-refractivity contribution < 1.29 is 4.79 Å². The van der Waals surface area contributed by atoms with E-state index >= 15 is 0 Å². The summed E-state index contributed by atoms with van der Waals surface area (Å²) >= 11 is 0. The molecule has 1 N–H and O–H groups in total. The summed E-state index contributed by atoms with van der Waals surface area (Å²) in [6, 6.07) is 14.8. The number of anilines is 1. The fourth-order valence-corrected chi connectivity index (χ4v) is 3.08. The topological polar surface area (TPSA) is 81.8 Å². The highest BCUT2D eigenvalue weighted by Crippen LogP contribution is 2.19. The van der Waals surface area contributed by atoms with Gasteiger partial charge in [-0.1, -0.05) is 24.3 Å². The van der Waals surface area contributed by atoms with Crippen molar-refractivity contribution >= 4 is 33.8 Å². The molecule has 2 aromatic carbocycles. The summed E-state index contributed by atoms with van der Waals surface area (Å²) in [6.07, 6.45) is 1.23. The standard InChI is InChI=1S/C19H17N5O2/c1-2-23-16-10-6-4-8-14(16)21-19(23)22-18(26)12-24-15-9-5-3-7-13(15)17(25)11-20-24/h3-11H,2,12H2,1H3,(H,21,22,26). The summed E-state index contributed by atoms with van der Waals surface area (Å²) < 4.78 is 3.47. The molecule has 0 spiro atoms. The zero-order valence-electron chi connectivity index (χ0n) is 14.2. The second-order valence-electron chi connectivity index (χ2n) is 5.90. The highest BCUT2D eigenvalue weighted by molar-refractivity contribution is 5.92. The number of benzene rings is 2. The Morgan fingerprint density at radius 2 is 1.81 bits per heavy atom. The molecule has 0 bridgehead atoms. The van der Waals surface area contributed by atoms with E-state index in [0.717, 1.165) is 11.0 Å². The highest BCUT2D eigenvalue weighted by Gasteiger charge is 2.13. The van der Waals surface area contributed by atoms with Crippen molar-refractivity contribution in [3.05, 3.63) is 65.0 Å². The molecule has 0 aliphatic heterocycles. The molecule has 0 saturated carbocycles. The van der Waals surface area contributed by atoms with Gasteiger partial charge in [-0.25, -0.2) is 4.98 Å². The van der Waals surface area contributed by atoms with Crippen LogP contribution in [0.5, 0.6) is 0 Å². The van der Waals surface area contributed by atoms with Crippen molar-refractivity contribution in [1.82, 2.24) is 19.3 Å². The number of aryl methyl sites for hydroxylation is 1. The van der Waals surface area contributed by atoms with Gasteiger partial charge in [-0.05, 0) is 31.2 Å². The molecule has 1 amide bonds. The average Bonchev–Trinajstić information content (AvgIpc) is 3.01. The number of aromatic nitrogens is 4. The van der Waals surface area contributed by atoms with Crippen LogP contribution in [0.2, 0.25) is 0 Å². The minimum Gasteiger partial charge on any atom is -0.310 e. The zero-order valence-corrected chi connectivity index (χ0v) is 14.2. The molecule has 0 radical (unpaired) electrons. The number of imidazole rings is 1. The van der Waals surface area contributed by atoms with Crippen molar-refractivity contribution in [3.63, 3.8) is 0 Å². The molecule has 0 aliphatic carbocycles. The smallest absolute Gasteiger partial charge is 0.248 e. The summed E-state index contributed by atoms with van der Waals surface area (Å²) in [5.41, 5.74) is 2.26. The Labute approximate surface area is 148 Å². The summed E-state index contributed by atoms with van der Waals surface area (Å²) in [5.74, 6) is 0.250. The van der Waals surface area contributed by atoms with Crippen LogP contribution in [0, 0.1) is 0 Å². The fourth-order valence-electron chi connectivity index (χ4n) is 3.08. The lowest BCUT2D eigenvalue weighted by atomic mass is 10.2. The molecule has 0 fully saturated rings. The number of carbonyl (C=O) groups is 1. The Balaban J connectivity index is 1.65. The van der Waals surface area contributed by atoms with E-state index in [-0.39, 0.29) is 17.9 Å². The second kappa shape index (κ2) is 6.44. The van der Waals surface area contributed by atoms with Gasteiger partial charge in [0.15, 0.2) is 0 Å². The van der Waals surface area contributed by atoms with E-state index in [1.165, 1.54) is 10.9 Å². The number of carbonyl (C=O) groups excluding carboxylic acids is 1. The largest absolute Gasteiger partial charge is 0.310 e. The number of rotatable bonds is 4. The number of hydrogen-bond acceptors (Lipinski definition) is 4. The first-order valence-corrected chi connectivity index (χ1v) is 8.37. The van der Waals surface area contributed by atoms with Crippen LogP contribution >= 0.6 is 0 Å². The SMILES string of the molecule is CCn1c(NC(=O)Cn2ncc(=O)c3ccccc32)nc2ccccc21. The van der Waals surface area contributed by atoms with Gasteiger partial charge in [0.05, 0.1) is 22.7 Å². The predicted octanol–water partition coefficient (Wildman–Crippen LogP) is 2.40. The van der Waals surface area contributed by atoms with Gasteiger partial charge in [0.2, 0.25) is 17.3 Å². The van der Waals surface area contributed by atoms with E-state index in [1.807, 2.05) is 41.8 Å². The lowest BCUT2D eigenvalue weighted by Gasteiger charge is -2.10. The van der Waals surface area contributed by atoms with Crippen LogP contribution in [0.4, 0.5) is 5.95 Å². The molecule has 0 aliphatic rings. The molecule has 2 aromatic heterocycles. The van der Waals surface area contributed by atoms with Crippen molar-refractivity contribution in [2.75, 3.05) is 5.32 Å². The van der Waals surface area contributed by atoms with Gasteiger partial charge in [0, 0.05) is 11.9 Å². The molecule has 0 saturated heterocycles. The first kappa shape index (κ1) is 16.0. The van der Waals surface area contributed by atoms with Crippen molar-refractivity contribution in [2.24, 2.45) is 0 Å². The molecule has 130 valence electrons. The van der Waals surface area contributed by atoms with Gasteiger partial charge in [0.25, 0.3) is 0 Å². The number of hydrogen-bond donors (Lipinski definition) is 1. The zero-order chi connectivity index (χ0) is 18.1. The van der Waals surface area contributed by atoms with Crippen LogP contribution in [0.15, 0.2) is 59.5 Å². The quantitative estimate of drug-likeness (QED) is 0.615. The highest BCUT2D eigenvalue weighted by atomic mass is 16.2. The normalized spacial score (nSPS) is 11.1. The molecular weight excluding hydrogens is 330 g/mol. The maximum absolute atomic E-state index is 12.6. The molecule has 4 aromatic rings. The Bertz CT molecular complexity index is 1180. The molecule has 4 rings (SSSR count).